The minimum Gasteiger partial charge on any atom is -0.320 e. The summed E-state index contributed by atoms with van der Waals surface area (Å²) in [6.45, 7) is 2.13. The summed E-state index contributed by atoms with van der Waals surface area (Å²) in [7, 11) is 0. The molecule has 0 aliphatic rings. The van der Waals surface area contributed by atoms with Crippen molar-refractivity contribution in [3.8, 4) is 0 Å². The average molecular weight is 148 g/mol. The summed E-state index contributed by atoms with van der Waals surface area (Å²) in [5.41, 5.74) is 6.98. The van der Waals surface area contributed by atoms with E-state index in [9.17, 15) is 0 Å². The molecule has 1 heteroatoms. The summed E-state index contributed by atoms with van der Waals surface area (Å²) in [6.07, 6.45) is 2.10. The van der Waals surface area contributed by atoms with Crippen LogP contribution in [-0.2, 0) is 0 Å². The van der Waals surface area contributed by atoms with Gasteiger partial charge in [-0.15, -0.1) is 0 Å². The van der Waals surface area contributed by atoms with Crippen LogP contribution in [0.3, 0.4) is 0 Å². The molecular weight excluding hydrogens is 134 g/mol. The summed E-state index contributed by atoms with van der Waals surface area (Å²) in [5, 5.41) is 0. The van der Waals surface area contributed by atoms with E-state index in [1.54, 1.807) is 0 Å². The van der Waals surface area contributed by atoms with Gasteiger partial charge in [0.2, 0.25) is 0 Å². The van der Waals surface area contributed by atoms with E-state index in [1.165, 1.54) is 0 Å². The highest BCUT2D eigenvalue weighted by Crippen LogP contribution is 2.12. The largest absolute Gasteiger partial charge is 0.320 e. The highest BCUT2D eigenvalue weighted by Gasteiger charge is 2.02. The fourth-order valence-electron chi connectivity index (χ4n) is 1.07. The predicted molar refractivity (Wildman–Crippen MR) is 47.9 cm³/mol. The first-order valence-electron chi connectivity index (χ1n) is 4.01. The van der Waals surface area contributed by atoms with Gasteiger partial charge in [0.05, 0.1) is 6.04 Å². The van der Waals surface area contributed by atoms with E-state index in [2.05, 4.69) is 6.92 Å². The summed E-state index contributed by atoms with van der Waals surface area (Å²) in [6, 6.07) is 11.1. The molecule has 0 fully saturated rings. The Morgan fingerprint density at radius 2 is 1.91 bits per heavy atom. The number of benzene rings is 1. The van der Waals surface area contributed by atoms with E-state index >= 15 is 0 Å². The molecule has 0 amide bonds. The lowest BCUT2D eigenvalue weighted by atomic mass is 10.0. The van der Waals surface area contributed by atoms with Crippen molar-refractivity contribution in [1.29, 1.82) is 0 Å². The van der Waals surface area contributed by atoms with Crippen molar-refractivity contribution in [3.05, 3.63) is 41.9 Å². The van der Waals surface area contributed by atoms with Gasteiger partial charge >= 0.3 is 0 Å². The van der Waals surface area contributed by atoms with Crippen LogP contribution in [0.5, 0.6) is 0 Å². The Balaban J connectivity index is 2.61. The number of hydrogen-bond acceptors (Lipinski definition) is 1. The molecule has 0 unspecified atom stereocenters. The molecule has 59 valence electrons. The Labute approximate surface area is 68.2 Å². The first-order chi connectivity index (χ1) is 5.34. The predicted octanol–water partition coefficient (Wildman–Crippen LogP) is 2.33. The second-order valence-electron chi connectivity index (χ2n) is 2.64. The van der Waals surface area contributed by atoms with Crippen molar-refractivity contribution in [2.24, 2.45) is 5.73 Å². The molecule has 1 radical (unpaired) electrons. The van der Waals surface area contributed by atoms with Gasteiger partial charge in [0.1, 0.15) is 0 Å². The molecule has 2 N–H and O–H groups in total. The number of nitrogens with two attached hydrogens (primary N) is 1. The Bertz CT molecular complexity index is 193. The van der Waals surface area contributed by atoms with Gasteiger partial charge in [0, 0.05) is 0 Å². The Kier molecular flexibility index (Phi) is 3.12. The van der Waals surface area contributed by atoms with Crippen LogP contribution in [0.25, 0.3) is 0 Å². The molecule has 0 heterocycles. The van der Waals surface area contributed by atoms with Crippen molar-refractivity contribution in [2.45, 2.75) is 19.8 Å². The van der Waals surface area contributed by atoms with Gasteiger partial charge in [0.25, 0.3) is 0 Å². The monoisotopic (exact) mass is 148 g/mol. The first-order valence-corrected chi connectivity index (χ1v) is 4.01. The van der Waals surface area contributed by atoms with Crippen LogP contribution in [0.4, 0.5) is 0 Å². The van der Waals surface area contributed by atoms with Gasteiger partial charge in [-0.3, -0.25) is 0 Å². The third-order valence-corrected chi connectivity index (χ3v) is 1.66. The van der Waals surface area contributed by atoms with E-state index in [-0.39, 0.29) is 0 Å². The molecule has 1 aromatic carbocycles. The smallest absolute Gasteiger partial charge is 0.0634 e. The van der Waals surface area contributed by atoms with E-state index in [0.29, 0.717) is 0 Å². The maximum absolute atomic E-state index is 5.82. The van der Waals surface area contributed by atoms with Crippen LogP contribution in [0.2, 0.25) is 0 Å². The Morgan fingerprint density at radius 1 is 1.27 bits per heavy atom. The van der Waals surface area contributed by atoms with Crippen molar-refractivity contribution < 1.29 is 0 Å². The van der Waals surface area contributed by atoms with Crippen molar-refractivity contribution in [3.63, 3.8) is 0 Å². The molecule has 0 aromatic heterocycles. The fourth-order valence-corrected chi connectivity index (χ4v) is 1.07. The average Bonchev–Trinajstić information content (AvgIpc) is 2.07. The molecule has 0 bridgehead atoms. The molecule has 0 spiro atoms. The zero-order valence-electron chi connectivity index (χ0n) is 6.88. The van der Waals surface area contributed by atoms with Gasteiger partial charge in [-0.25, -0.2) is 0 Å². The molecule has 0 saturated heterocycles. The molecule has 11 heavy (non-hydrogen) atoms. The van der Waals surface area contributed by atoms with Crippen LogP contribution in [0.15, 0.2) is 30.3 Å². The molecule has 0 atom stereocenters. The van der Waals surface area contributed by atoms with Gasteiger partial charge in [-0.05, 0) is 12.0 Å². The maximum atomic E-state index is 5.82. The highest BCUT2D eigenvalue weighted by atomic mass is 14.6. The third-order valence-electron chi connectivity index (χ3n) is 1.66. The van der Waals surface area contributed by atoms with Crippen molar-refractivity contribution in [2.75, 3.05) is 0 Å². The van der Waals surface area contributed by atoms with Crippen LogP contribution in [0.1, 0.15) is 25.3 Å². The number of rotatable bonds is 3. The zero-order chi connectivity index (χ0) is 8.10. The topological polar surface area (TPSA) is 26.0 Å². The van der Waals surface area contributed by atoms with Crippen molar-refractivity contribution in [1.82, 2.24) is 0 Å². The zero-order valence-corrected chi connectivity index (χ0v) is 6.88. The second-order valence-corrected chi connectivity index (χ2v) is 2.64. The highest BCUT2D eigenvalue weighted by molar-refractivity contribution is 5.27. The fraction of sp³-hybridized carbons (Fsp3) is 0.300. The summed E-state index contributed by atoms with van der Waals surface area (Å²) < 4.78 is 0. The second kappa shape index (κ2) is 4.14. The molecule has 1 nitrogen and oxygen atoms in total. The van der Waals surface area contributed by atoms with Crippen LogP contribution < -0.4 is 5.73 Å². The van der Waals surface area contributed by atoms with Crippen LogP contribution in [0, 0.1) is 6.04 Å². The minimum atomic E-state index is 0.990. The Morgan fingerprint density at radius 3 is 2.45 bits per heavy atom. The van der Waals surface area contributed by atoms with Gasteiger partial charge in [-0.2, -0.15) is 0 Å². The summed E-state index contributed by atoms with van der Waals surface area (Å²) in [4.78, 5) is 0. The van der Waals surface area contributed by atoms with Gasteiger partial charge in [0.15, 0.2) is 0 Å². The van der Waals surface area contributed by atoms with Crippen LogP contribution in [-0.4, -0.2) is 0 Å². The normalized spacial score (nSPS) is 10.5. The summed E-state index contributed by atoms with van der Waals surface area (Å²) in [5.74, 6) is 0. The molecule has 0 aliphatic heterocycles. The Hall–Kier alpha value is -0.820. The van der Waals surface area contributed by atoms with Gasteiger partial charge in [-0.1, -0.05) is 43.7 Å². The van der Waals surface area contributed by atoms with E-state index in [0.717, 1.165) is 24.4 Å². The molecule has 0 aliphatic carbocycles. The molecule has 0 saturated carbocycles. The lowest BCUT2D eigenvalue weighted by Crippen LogP contribution is -2.10. The summed E-state index contributed by atoms with van der Waals surface area (Å²) >= 11 is 0. The molecule has 1 aromatic rings. The molecular formula is C10H14N. The maximum Gasteiger partial charge on any atom is 0.0634 e. The van der Waals surface area contributed by atoms with Crippen molar-refractivity contribution >= 4 is 0 Å². The lowest BCUT2D eigenvalue weighted by molar-refractivity contribution is 0.810. The quantitative estimate of drug-likeness (QED) is 0.699. The third kappa shape index (κ3) is 2.35. The van der Waals surface area contributed by atoms with E-state index < -0.39 is 0 Å². The number of hydrogen-bond donors (Lipinski definition) is 1. The first kappa shape index (κ1) is 8.28. The van der Waals surface area contributed by atoms with Gasteiger partial charge < -0.3 is 5.73 Å². The minimum absolute atomic E-state index is 0.990. The lowest BCUT2D eigenvalue weighted by Gasteiger charge is -2.07. The SMILES string of the molecule is CCC[C](N)c1ccccc1. The van der Waals surface area contributed by atoms with E-state index in [1.807, 2.05) is 30.3 Å². The van der Waals surface area contributed by atoms with E-state index in [4.69, 9.17) is 5.73 Å². The standard InChI is InChI=1S/C10H14N/c1-2-6-10(11)9-7-4-3-5-8-9/h3-5,7-8H,2,6,11H2,1H3. The molecule has 1 rings (SSSR count). The van der Waals surface area contributed by atoms with Crippen LogP contribution >= 0.6 is 0 Å².